The highest BCUT2D eigenvalue weighted by Gasteiger charge is 2.37. The predicted octanol–water partition coefficient (Wildman–Crippen LogP) is 1.12. The molecule has 3 rings (SSSR count). The minimum atomic E-state index is -1.34. The summed E-state index contributed by atoms with van der Waals surface area (Å²) in [7, 11) is 0. The lowest BCUT2D eigenvalue weighted by Crippen LogP contribution is -2.30. The molecule has 0 amide bonds. The molecule has 1 aromatic rings. The van der Waals surface area contributed by atoms with E-state index in [1.807, 2.05) is 13.0 Å². The number of fused-ring (bicyclic) bond motifs is 2. The number of aliphatic hydroxyl groups excluding tert-OH is 2. The Labute approximate surface area is 112 Å². The van der Waals surface area contributed by atoms with Crippen LogP contribution in [0, 0.1) is 12.3 Å². The van der Waals surface area contributed by atoms with Crippen LogP contribution in [0.2, 0.25) is 0 Å². The van der Waals surface area contributed by atoms with Crippen molar-refractivity contribution in [2.45, 2.75) is 39.6 Å². The van der Waals surface area contributed by atoms with E-state index < -0.39 is 6.29 Å². The summed E-state index contributed by atoms with van der Waals surface area (Å²) in [4.78, 5) is 12.0. The summed E-state index contributed by atoms with van der Waals surface area (Å²) in [5, 5.41) is 19.1. The summed E-state index contributed by atoms with van der Waals surface area (Å²) in [5.74, 6) is -0.348. The molecule has 0 saturated heterocycles. The summed E-state index contributed by atoms with van der Waals surface area (Å²) in [5.41, 5.74) is 4.61. The third kappa shape index (κ3) is 1.83. The Morgan fingerprint density at radius 2 is 2.16 bits per heavy atom. The zero-order valence-electron chi connectivity index (χ0n) is 11.2. The van der Waals surface area contributed by atoms with Gasteiger partial charge in [-0.1, -0.05) is 13.0 Å². The molecule has 0 radical (unpaired) electrons. The van der Waals surface area contributed by atoms with E-state index in [0.717, 1.165) is 29.5 Å². The van der Waals surface area contributed by atoms with Crippen LogP contribution >= 0.6 is 0 Å². The fraction of sp³-hybridized carbons (Fsp3) is 0.533. The molecule has 102 valence electrons. The smallest absolute Gasteiger partial charge is 0.220 e. The predicted molar refractivity (Wildman–Crippen MR) is 68.9 cm³/mol. The molecular formula is C15H18O4. The van der Waals surface area contributed by atoms with Gasteiger partial charge >= 0.3 is 0 Å². The molecular weight excluding hydrogens is 244 g/mol. The summed E-state index contributed by atoms with van der Waals surface area (Å²) in [6.45, 7) is 4.39. The van der Waals surface area contributed by atoms with E-state index in [2.05, 4.69) is 6.92 Å². The summed E-state index contributed by atoms with van der Waals surface area (Å²) in [6, 6.07) is 2.00. The number of carbonyl (C=O) groups is 1. The average Bonchev–Trinajstić information content (AvgIpc) is 2.72. The highest BCUT2D eigenvalue weighted by molar-refractivity contribution is 6.02. The zero-order valence-corrected chi connectivity index (χ0v) is 11.2. The van der Waals surface area contributed by atoms with Crippen molar-refractivity contribution in [2.75, 3.05) is 6.61 Å². The monoisotopic (exact) mass is 262 g/mol. The van der Waals surface area contributed by atoms with Crippen LogP contribution < -0.4 is 0 Å². The first kappa shape index (κ1) is 12.8. The van der Waals surface area contributed by atoms with Crippen molar-refractivity contribution in [3.05, 3.63) is 33.9 Å². The molecule has 1 aliphatic carbocycles. The minimum Gasteiger partial charge on any atom is -0.396 e. The minimum absolute atomic E-state index is 0.138. The Hall–Kier alpha value is -1.23. The van der Waals surface area contributed by atoms with E-state index in [4.69, 9.17) is 4.74 Å². The lowest BCUT2D eigenvalue weighted by atomic mass is 9.88. The van der Waals surface area contributed by atoms with Gasteiger partial charge in [0.2, 0.25) is 12.1 Å². The molecule has 0 saturated carbocycles. The molecule has 4 heteroatoms. The molecule has 0 fully saturated rings. The molecule has 1 unspecified atom stereocenters. The van der Waals surface area contributed by atoms with Gasteiger partial charge < -0.3 is 14.9 Å². The number of Topliss-reactive ketones (excluding diaryl/α,β-unsaturated/α-hetero) is 1. The third-order valence-electron chi connectivity index (χ3n) is 4.35. The highest BCUT2D eigenvalue weighted by atomic mass is 16.6. The largest absolute Gasteiger partial charge is 0.396 e. The number of benzene rings is 1. The van der Waals surface area contributed by atoms with Crippen LogP contribution in [0.5, 0.6) is 0 Å². The van der Waals surface area contributed by atoms with Gasteiger partial charge in [-0.3, -0.25) is 4.79 Å². The van der Waals surface area contributed by atoms with E-state index in [1.165, 1.54) is 5.56 Å². The van der Waals surface area contributed by atoms with Crippen molar-refractivity contribution in [3.63, 3.8) is 0 Å². The van der Waals surface area contributed by atoms with Crippen LogP contribution in [0.25, 0.3) is 0 Å². The number of hydrogen-bond donors (Lipinski definition) is 2. The van der Waals surface area contributed by atoms with E-state index >= 15 is 0 Å². The maximum atomic E-state index is 12.0. The number of ketones is 1. The second kappa shape index (κ2) is 4.13. The van der Waals surface area contributed by atoms with Gasteiger partial charge in [-0.25, -0.2) is 0 Å². The molecule has 2 N–H and O–H groups in total. The molecule has 4 nitrogen and oxygen atoms in total. The van der Waals surface area contributed by atoms with Crippen molar-refractivity contribution in [3.8, 4) is 0 Å². The third-order valence-corrected chi connectivity index (χ3v) is 4.35. The Kier molecular flexibility index (Phi) is 2.78. The molecule has 1 aliphatic heterocycles. The molecule has 1 heterocycles. The van der Waals surface area contributed by atoms with Gasteiger partial charge in [0.05, 0.1) is 6.61 Å². The topological polar surface area (TPSA) is 66.8 Å². The Bertz CT molecular complexity index is 564. The first-order valence-electron chi connectivity index (χ1n) is 6.54. The van der Waals surface area contributed by atoms with Crippen molar-refractivity contribution < 1.29 is 19.7 Å². The average molecular weight is 262 g/mol. The molecule has 0 aromatic heterocycles. The van der Waals surface area contributed by atoms with Gasteiger partial charge in [0, 0.05) is 12.2 Å². The van der Waals surface area contributed by atoms with Gasteiger partial charge in [0.15, 0.2) is 0 Å². The molecule has 0 spiro atoms. The molecule has 1 aromatic carbocycles. The number of carbonyl (C=O) groups excluding carboxylic acids is 1. The second-order valence-corrected chi connectivity index (χ2v) is 6.02. The van der Waals surface area contributed by atoms with E-state index in [1.54, 1.807) is 0 Å². The molecule has 19 heavy (non-hydrogen) atoms. The van der Waals surface area contributed by atoms with Crippen LogP contribution in [0.15, 0.2) is 6.07 Å². The van der Waals surface area contributed by atoms with E-state index in [9.17, 15) is 15.0 Å². The van der Waals surface area contributed by atoms with Gasteiger partial charge in [-0.05, 0) is 47.4 Å². The Balaban J connectivity index is 2.13. The second-order valence-electron chi connectivity index (χ2n) is 6.02. The fourth-order valence-electron chi connectivity index (χ4n) is 3.29. The lowest BCUT2D eigenvalue weighted by molar-refractivity contribution is -0.0859. The number of ether oxygens (including phenoxy) is 1. The number of aliphatic hydroxyl groups is 2. The van der Waals surface area contributed by atoms with Crippen molar-refractivity contribution in [1.29, 1.82) is 0 Å². The van der Waals surface area contributed by atoms with Crippen LogP contribution in [-0.4, -0.2) is 28.9 Å². The quantitative estimate of drug-likeness (QED) is 0.796. The van der Waals surface area contributed by atoms with Gasteiger partial charge in [-0.2, -0.15) is 0 Å². The first-order chi connectivity index (χ1) is 8.95. The van der Waals surface area contributed by atoms with E-state index in [-0.39, 0.29) is 24.4 Å². The van der Waals surface area contributed by atoms with Crippen LogP contribution in [0.4, 0.5) is 0 Å². The molecule has 2 atom stereocenters. The van der Waals surface area contributed by atoms with Gasteiger partial charge in [0.25, 0.3) is 0 Å². The van der Waals surface area contributed by atoms with Crippen molar-refractivity contribution >= 4 is 5.78 Å². The van der Waals surface area contributed by atoms with E-state index in [0.29, 0.717) is 5.56 Å². The Morgan fingerprint density at radius 1 is 1.42 bits per heavy atom. The first-order valence-corrected chi connectivity index (χ1v) is 6.54. The molecule has 2 aliphatic rings. The maximum Gasteiger partial charge on any atom is 0.220 e. The highest BCUT2D eigenvalue weighted by Crippen LogP contribution is 2.41. The standard InChI is InChI=1S/C15H18O4/c1-8-11-5-15(2,7-16)4-9(11)3-10-6-19-14(18)13(17)12(8)10/h3,14,16,18H,4-7H2,1-2H3/t14?,15-/m1/s1. The van der Waals surface area contributed by atoms with Crippen LogP contribution in [0.1, 0.15) is 39.5 Å². The Morgan fingerprint density at radius 3 is 2.84 bits per heavy atom. The fourth-order valence-corrected chi connectivity index (χ4v) is 3.29. The summed E-state index contributed by atoms with van der Waals surface area (Å²) < 4.78 is 5.07. The van der Waals surface area contributed by atoms with Crippen molar-refractivity contribution in [1.82, 2.24) is 0 Å². The number of rotatable bonds is 1. The lowest BCUT2D eigenvalue weighted by Gasteiger charge is -2.23. The molecule has 0 bridgehead atoms. The van der Waals surface area contributed by atoms with Crippen LogP contribution in [-0.2, 0) is 24.2 Å². The SMILES string of the molecule is Cc1c2c(cc3c1C(=O)C(O)OC3)C[C@@](C)(CO)C2. The normalized spacial score (nSPS) is 29.3. The van der Waals surface area contributed by atoms with Crippen molar-refractivity contribution in [2.24, 2.45) is 5.41 Å². The maximum absolute atomic E-state index is 12.0. The van der Waals surface area contributed by atoms with Gasteiger partial charge in [0.1, 0.15) is 0 Å². The zero-order chi connectivity index (χ0) is 13.8. The summed E-state index contributed by atoms with van der Waals surface area (Å²) in [6.07, 6.45) is 0.265. The van der Waals surface area contributed by atoms with Gasteiger partial charge in [-0.15, -0.1) is 0 Å². The number of hydrogen-bond acceptors (Lipinski definition) is 4. The summed E-state index contributed by atoms with van der Waals surface area (Å²) >= 11 is 0. The van der Waals surface area contributed by atoms with Crippen LogP contribution in [0.3, 0.4) is 0 Å².